The zero-order chi connectivity index (χ0) is 16.1. The van der Waals surface area contributed by atoms with Crippen molar-refractivity contribution in [2.24, 2.45) is 5.92 Å². The van der Waals surface area contributed by atoms with E-state index < -0.39 is 0 Å². The normalized spacial score (nSPS) is 19.5. The van der Waals surface area contributed by atoms with Gasteiger partial charge in [-0.1, -0.05) is 43.7 Å². The van der Waals surface area contributed by atoms with Crippen LogP contribution in [0.3, 0.4) is 0 Å². The number of benzene rings is 1. The Labute approximate surface area is 136 Å². The van der Waals surface area contributed by atoms with Crippen molar-refractivity contribution in [2.45, 2.75) is 38.6 Å². The minimum Gasteiger partial charge on any atom is -0.341 e. The molecule has 0 bridgehead atoms. The van der Waals surface area contributed by atoms with E-state index in [9.17, 15) is 4.79 Å². The van der Waals surface area contributed by atoms with Crippen molar-refractivity contribution < 1.29 is 4.79 Å². The van der Waals surface area contributed by atoms with Gasteiger partial charge in [0.05, 0.1) is 0 Å². The summed E-state index contributed by atoms with van der Waals surface area (Å²) >= 11 is 0. The third kappa shape index (κ3) is 3.75. The van der Waals surface area contributed by atoms with E-state index in [4.69, 9.17) is 0 Å². The molecule has 0 unspecified atom stereocenters. The molecular weight excluding hydrogens is 290 g/mol. The van der Waals surface area contributed by atoms with Gasteiger partial charge in [0.2, 0.25) is 5.91 Å². The van der Waals surface area contributed by atoms with Gasteiger partial charge < -0.3 is 4.90 Å². The monoisotopic (exact) mass is 313 g/mol. The Morgan fingerprint density at radius 2 is 2.17 bits per heavy atom. The molecule has 1 fully saturated rings. The molecule has 3 rings (SSSR count). The Hall–Kier alpha value is -2.24. The highest BCUT2D eigenvalue weighted by Crippen LogP contribution is 2.23. The smallest absolute Gasteiger partial charge is 0.247 e. The number of piperidine rings is 1. The molecule has 0 radical (unpaired) electrons. The molecule has 2 atom stereocenters. The molecule has 1 amide bonds. The van der Waals surface area contributed by atoms with Crippen LogP contribution in [-0.4, -0.2) is 44.1 Å². The highest BCUT2D eigenvalue weighted by atomic mass is 16.2. The molecule has 1 saturated heterocycles. The van der Waals surface area contributed by atoms with E-state index >= 15 is 0 Å². The lowest BCUT2D eigenvalue weighted by molar-refractivity contribution is -0.137. The standard InChI is InChI=1S/C17H23N5O/c1-2-14-9-6-10-21(12-14)17(23)16(22-13-18-19-20-22)11-15-7-4-3-5-8-15/h3-5,7-8,13-14,16H,2,6,9-12H2,1H3/t14-,16+/m0/s1. The fourth-order valence-corrected chi connectivity index (χ4v) is 3.25. The van der Waals surface area contributed by atoms with Gasteiger partial charge in [-0.3, -0.25) is 4.79 Å². The molecule has 1 aliphatic rings. The predicted molar refractivity (Wildman–Crippen MR) is 86.6 cm³/mol. The van der Waals surface area contributed by atoms with Crippen LogP contribution in [0.15, 0.2) is 36.7 Å². The SMILES string of the molecule is CC[C@H]1CCCN(C(=O)[C@@H](Cc2ccccc2)n2cnnn2)C1. The van der Waals surface area contributed by atoms with Crippen LogP contribution in [0.5, 0.6) is 0 Å². The van der Waals surface area contributed by atoms with Crippen molar-refractivity contribution in [3.8, 4) is 0 Å². The summed E-state index contributed by atoms with van der Waals surface area (Å²) in [5, 5.41) is 11.4. The Bertz CT molecular complexity index is 613. The van der Waals surface area contributed by atoms with E-state index in [1.54, 1.807) is 4.68 Å². The third-order valence-corrected chi connectivity index (χ3v) is 4.65. The van der Waals surface area contributed by atoms with Crippen molar-refractivity contribution in [3.05, 3.63) is 42.2 Å². The van der Waals surface area contributed by atoms with Gasteiger partial charge in [0.15, 0.2) is 0 Å². The Morgan fingerprint density at radius 1 is 1.35 bits per heavy atom. The van der Waals surface area contributed by atoms with Crippen LogP contribution in [0.2, 0.25) is 0 Å². The van der Waals surface area contributed by atoms with Gasteiger partial charge in [-0.25, -0.2) is 4.68 Å². The Kier molecular flexibility index (Phi) is 5.00. The molecule has 2 aromatic rings. The summed E-state index contributed by atoms with van der Waals surface area (Å²) in [4.78, 5) is 15.1. The minimum atomic E-state index is -0.372. The van der Waals surface area contributed by atoms with Crippen molar-refractivity contribution in [2.75, 3.05) is 13.1 Å². The first-order valence-electron chi connectivity index (χ1n) is 8.33. The second-order valence-electron chi connectivity index (χ2n) is 6.20. The lowest BCUT2D eigenvalue weighted by Gasteiger charge is -2.34. The van der Waals surface area contributed by atoms with Gasteiger partial charge in [-0.15, -0.1) is 5.10 Å². The van der Waals surface area contributed by atoms with Gasteiger partial charge >= 0.3 is 0 Å². The quantitative estimate of drug-likeness (QED) is 0.848. The zero-order valence-electron chi connectivity index (χ0n) is 13.5. The van der Waals surface area contributed by atoms with Crippen LogP contribution in [0.1, 0.15) is 37.8 Å². The van der Waals surface area contributed by atoms with E-state index in [2.05, 4.69) is 22.4 Å². The predicted octanol–water partition coefficient (Wildman–Crippen LogP) is 2.11. The average molecular weight is 313 g/mol. The summed E-state index contributed by atoms with van der Waals surface area (Å²) in [6, 6.07) is 9.66. The molecule has 1 aromatic carbocycles. The number of amides is 1. The van der Waals surface area contributed by atoms with Gasteiger partial charge in [0.25, 0.3) is 0 Å². The maximum Gasteiger partial charge on any atom is 0.247 e. The number of carbonyl (C=O) groups excluding carboxylic acids is 1. The van der Waals surface area contributed by atoms with Crippen LogP contribution in [0, 0.1) is 5.92 Å². The molecule has 6 nitrogen and oxygen atoms in total. The third-order valence-electron chi connectivity index (χ3n) is 4.65. The highest BCUT2D eigenvalue weighted by molar-refractivity contribution is 5.80. The van der Waals surface area contributed by atoms with Crippen LogP contribution in [0.25, 0.3) is 0 Å². The number of hydrogen-bond acceptors (Lipinski definition) is 4. The topological polar surface area (TPSA) is 63.9 Å². The van der Waals surface area contributed by atoms with Crippen molar-refractivity contribution in [3.63, 3.8) is 0 Å². The number of tetrazole rings is 1. The molecule has 0 aliphatic carbocycles. The van der Waals surface area contributed by atoms with Crippen LogP contribution >= 0.6 is 0 Å². The molecule has 23 heavy (non-hydrogen) atoms. The lowest BCUT2D eigenvalue weighted by Crippen LogP contribution is -2.44. The van der Waals surface area contributed by atoms with Gasteiger partial charge in [-0.05, 0) is 34.7 Å². The number of likely N-dealkylation sites (tertiary alicyclic amines) is 1. The molecule has 1 aliphatic heterocycles. The number of aromatic nitrogens is 4. The summed E-state index contributed by atoms with van der Waals surface area (Å²) in [6.07, 6.45) is 5.56. The van der Waals surface area contributed by atoms with Crippen molar-refractivity contribution in [1.82, 2.24) is 25.1 Å². The fraction of sp³-hybridized carbons (Fsp3) is 0.529. The molecule has 6 heteroatoms. The molecule has 122 valence electrons. The zero-order valence-corrected chi connectivity index (χ0v) is 13.5. The van der Waals surface area contributed by atoms with Gasteiger partial charge in [0, 0.05) is 19.5 Å². The molecule has 0 saturated carbocycles. The van der Waals surface area contributed by atoms with Gasteiger partial charge in [-0.2, -0.15) is 0 Å². The lowest BCUT2D eigenvalue weighted by atomic mass is 9.94. The number of hydrogen-bond donors (Lipinski definition) is 0. The van der Waals surface area contributed by atoms with Crippen LogP contribution in [-0.2, 0) is 11.2 Å². The maximum absolute atomic E-state index is 13.1. The van der Waals surface area contributed by atoms with E-state index in [0.717, 1.165) is 31.5 Å². The molecular formula is C17H23N5O. The highest BCUT2D eigenvalue weighted by Gasteiger charge is 2.30. The molecule has 2 heterocycles. The maximum atomic E-state index is 13.1. The largest absolute Gasteiger partial charge is 0.341 e. The first-order valence-corrected chi connectivity index (χ1v) is 8.33. The summed E-state index contributed by atoms with van der Waals surface area (Å²) < 4.78 is 1.59. The van der Waals surface area contributed by atoms with Gasteiger partial charge in [0.1, 0.15) is 12.4 Å². The Morgan fingerprint density at radius 3 is 2.87 bits per heavy atom. The first-order chi connectivity index (χ1) is 11.3. The molecule has 1 aromatic heterocycles. The summed E-state index contributed by atoms with van der Waals surface area (Å²) in [6.45, 7) is 3.88. The molecule has 0 spiro atoms. The van der Waals surface area contributed by atoms with E-state index in [-0.39, 0.29) is 11.9 Å². The minimum absolute atomic E-state index is 0.124. The first kappa shape index (κ1) is 15.6. The number of carbonyl (C=O) groups is 1. The van der Waals surface area contributed by atoms with E-state index in [1.807, 2.05) is 35.2 Å². The van der Waals surface area contributed by atoms with E-state index in [0.29, 0.717) is 12.3 Å². The van der Waals surface area contributed by atoms with Crippen molar-refractivity contribution >= 4 is 5.91 Å². The number of rotatable bonds is 5. The summed E-state index contributed by atoms with van der Waals surface area (Å²) in [5.41, 5.74) is 1.12. The number of nitrogens with zero attached hydrogens (tertiary/aromatic N) is 5. The van der Waals surface area contributed by atoms with Crippen molar-refractivity contribution in [1.29, 1.82) is 0 Å². The molecule has 0 N–H and O–H groups in total. The van der Waals surface area contributed by atoms with Crippen LogP contribution in [0.4, 0.5) is 0 Å². The summed E-state index contributed by atoms with van der Waals surface area (Å²) in [5.74, 6) is 0.734. The van der Waals surface area contributed by atoms with E-state index in [1.165, 1.54) is 12.7 Å². The Balaban J connectivity index is 1.79. The van der Waals surface area contributed by atoms with Crippen LogP contribution < -0.4 is 0 Å². The average Bonchev–Trinajstić information content (AvgIpc) is 3.14. The fourth-order valence-electron chi connectivity index (χ4n) is 3.25. The second-order valence-corrected chi connectivity index (χ2v) is 6.20. The second kappa shape index (κ2) is 7.35. The summed E-state index contributed by atoms with van der Waals surface area (Å²) in [7, 11) is 0.